The molecule has 2 aliphatic heterocycles. The Hall–Kier alpha value is -1.22. The Balaban J connectivity index is 1.63. The second-order valence-electron chi connectivity index (χ2n) is 7.09. The highest BCUT2D eigenvalue weighted by Crippen LogP contribution is 2.39. The lowest BCUT2D eigenvalue weighted by atomic mass is 10.1. The standard InChI is InChI=1S/C19H28O7/c1-4-9-22-13-7-5-12(6-8-13)11-23-16-15(14(21)10-20)24-18-17(16)25-19(2,3)26-18/h5-8,14-18,20-21H,4,9-11H2,1-3H3. The zero-order valence-corrected chi connectivity index (χ0v) is 15.5. The van der Waals surface area contributed by atoms with Crippen LogP contribution >= 0.6 is 0 Å². The molecule has 1 aromatic rings. The summed E-state index contributed by atoms with van der Waals surface area (Å²) in [5, 5.41) is 19.3. The first-order chi connectivity index (χ1) is 12.4. The van der Waals surface area contributed by atoms with Crippen molar-refractivity contribution in [3.8, 4) is 5.75 Å². The number of rotatable bonds is 8. The summed E-state index contributed by atoms with van der Waals surface area (Å²) in [5.74, 6) is 0.0485. The molecule has 0 saturated carbocycles. The van der Waals surface area contributed by atoms with Crippen molar-refractivity contribution in [2.75, 3.05) is 13.2 Å². The van der Waals surface area contributed by atoms with Gasteiger partial charge in [0.1, 0.15) is 30.2 Å². The Kier molecular flexibility index (Phi) is 6.17. The lowest BCUT2D eigenvalue weighted by Crippen LogP contribution is -2.44. The van der Waals surface area contributed by atoms with Crippen LogP contribution in [0.2, 0.25) is 0 Å². The Labute approximate surface area is 153 Å². The highest BCUT2D eigenvalue weighted by atomic mass is 16.8. The van der Waals surface area contributed by atoms with Crippen molar-refractivity contribution in [1.82, 2.24) is 0 Å². The Morgan fingerprint density at radius 1 is 1.19 bits per heavy atom. The second-order valence-corrected chi connectivity index (χ2v) is 7.09. The van der Waals surface area contributed by atoms with E-state index in [1.165, 1.54) is 0 Å². The molecule has 2 heterocycles. The van der Waals surface area contributed by atoms with E-state index in [0.29, 0.717) is 13.2 Å². The summed E-state index contributed by atoms with van der Waals surface area (Å²) in [7, 11) is 0. The number of aliphatic hydroxyl groups excluding tert-OH is 2. The maximum Gasteiger partial charge on any atom is 0.190 e. The minimum absolute atomic E-state index is 0.323. The van der Waals surface area contributed by atoms with E-state index in [4.69, 9.17) is 23.7 Å². The summed E-state index contributed by atoms with van der Waals surface area (Å²) >= 11 is 0. The number of aliphatic hydroxyl groups is 2. The summed E-state index contributed by atoms with van der Waals surface area (Å²) in [6.45, 7) is 6.26. The van der Waals surface area contributed by atoms with Crippen LogP contribution in [0.3, 0.4) is 0 Å². The fourth-order valence-corrected chi connectivity index (χ4v) is 3.20. The normalized spacial score (nSPS) is 31.0. The molecule has 7 heteroatoms. The first kappa shape index (κ1) is 19.5. The molecule has 0 spiro atoms. The van der Waals surface area contributed by atoms with Crippen LogP contribution in [0, 0.1) is 0 Å². The van der Waals surface area contributed by atoms with Gasteiger partial charge in [-0.1, -0.05) is 19.1 Å². The number of hydrogen-bond acceptors (Lipinski definition) is 7. The highest BCUT2D eigenvalue weighted by molar-refractivity contribution is 5.26. The number of ether oxygens (including phenoxy) is 5. The number of benzene rings is 1. The van der Waals surface area contributed by atoms with Crippen molar-refractivity contribution in [2.24, 2.45) is 0 Å². The molecule has 2 fully saturated rings. The van der Waals surface area contributed by atoms with E-state index in [9.17, 15) is 10.2 Å². The Morgan fingerprint density at radius 2 is 1.92 bits per heavy atom. The van der Waals surface area contributed by atoms with Gasteiger partial charge in [-0.15, -0.1) is 0 Å². The van der Waals surface area contributed by atoms with Crippen molar-refractivity contribution < 1.29 is 33.9 Å². The van der Waals surface area contributed by atoms with Crippen LogP contribution in [0.4, 0.5) is 0 Å². The van der Waals surface area contributed by atoms with Gasteiger partial charge in [0, 0.05) is 0 Å². The van der Waals surface area contributed by atoms with Gasteiger partial charge in [-0.2, -0.15) is 0 Å². The molecule has 0 amide bonds. The molecule has 2 saturated heterocycles. The summed E-state index contributed by atoms with van der Waals surface area (Å²) in [6, 6.07) is 7.68. The molecule has 7 nitrogen and oxygen atoms in total. The van der Waals surface area contributed by atoms with Crippen LogP contribution in [0.15, 0.2) is 24.3 Å². The largest absolute Gasteiger partial charge is 0.494 e. The lowest BCUT2D eigenvalue weighted by Gasteiger charge is -2.28. The van der Waals surface area contributed by atoms with Gasteiger partial charge in [0.05, 0.1) is 19.8 Å². The lowest BCUT2D eigenvalue weighted by molar-refractivity contribution is -0.232. The van der Waals surface area contributed by atoms with Gasteiger partial charge in [0.15, 0.2) is 12.1 Å². The van der Waals surface area contributed by atoms with Gasteiger partial charge in [0.25, 0.3) is 0 Å². The van der Waals surface area contributed by atoms with Crippen molar-refractivity contribution >= 4 is 0 Å². The number of fused-ring (bicyclic) bond motifs is 1. The van der Waals surface area contributed by atoms with Crippen molar-refractivity contribution in [3.63, 3.8) is 0 Å². The minimum atomic E-state index is -1.06. The molecule has 5 unspecified atom stereocenters. The van der Waals surface area contributed by atoms with E-state index >= 15 is 0 Å². The van der Waals surface area contributed by atoms with Crippen LogP contribution in [-0.4, -0.2) is 59.9 Å². The SMILES string of the molecule is CCCOc1ccc(COC2C(C(O)CO)OC3OC(C)(C)OC32)cc1. The molecule has 0 aliphatic carbocycles. The molecule has 2 aliphatic rings. The summed E-state index contributed by atoms with van der Waals surface area (Å²) in [4.78, 5) is 0. The third kappa shape index (κ3) is 4.36. The van der Waals surface area contributed by atoms with Gasteiger partial charge in [-0.05, 0) is 38.0 Å². The minimum Gasteiger partial charge on any atom is -0.494 e. The smallest absolute Gasteiger partial charge is 0.190 e. The fraction of sp³-hybridized carbons (Fsp3) is 0.684. The summed E-state index contributed by atoms with van der Waals surface area (Å²) < 4.78 is 28.9. The average molecular weight is 368 g/mol. The first-order valence-corrected chi connectivity index (χ1v) is 9.07. The van der Waals surface area contributed by atoms with Crippen molar-refractivity contribution in [3.05, 3.63) is 29.8 Å². The zero-order chi connectivity index (χ0) is 18.7. The van der Waals surface area contributed by atoms with E-state index in [1.807, 2.05) is 24.3 Å². The van der Waals surface area contributed by atoms with E-state index in [-0.39, 0.29) is 0 Å². The fourth-order valence-electron chi connectivity index (χ4n) is 3.20. The molecule has 1 aromatic carbocycles. The van der Waals surface area contributed by atoms with Gasteiger partial charge in [-0.3, -0.25) is 0 Å². The second kappa shape index (κ2) is 8.21. The molecular formula is C19H28O7. The number of hydrogen-bond donors (Lipinski definition) is 2. The molecule has 2 N–H and O–H groups in total. The third-order valence-corrected chi connectivity index (χ3v) is 4.43. The maximum atomic E-state index is 10.0. The average Bonchev–Trinajstić information content (AvgIpc) is 3.10. The zero-order valence-electron chi connectivity index (χ0n) is 15.5. The van der Waals surface area contributed by atoms with Crippen LogP contribution in [0.25, 0.3) is 0 Å². The third-order valence-electron chi connectivity index (χ3n) is 4.43. The maximum absolute atomic E-state index is 10.0. The Bertz CT molecular complexity index is 574. The predicted octanol–water partition coefficient (Wildman–Crippen LogP) is 1.59. The van der Waals surface area contributed by atoms with Crippen LogP contribution in [0.1, 0.15) is 32.8 Å². The summed E-state index contributed by atoms with van der Waals surface area (Å²) in [5.41, 5.74) is 0.965. The monoisotopic (exact) mass is 368 g/mol. The molecule has 5 atom stereocenters. The molecule has 146 valence electrons. The van der Waals surface area contributed by atoms with Gasteiger partial charge < -0.3 is 33.9 Å². The molecule has 0 aromatic heterocycles. The van der Waals surface area contributed by atoms with Crippen LogP contribution in [-0.2, 0) is 25.6 Å². The highest BCUT2D eigenvalue weighted by Gasteiger charge is 2.56. The van der Waals surface area contributed by atoms with Gasteiger partial charge in [0.2, 0.25) is 0 Å². The van der Waals surface area contributed by atoms with Gasteiger partial charge >= 0.3 is 0 Å². The van der Waals surface area contributed by atoms with Crippen molar-refractivity contribution in [2.45, 2.75) is 70.3 Å². The van der Waals surface area contributed by atoms with Crippen LogP contribution < -0.4 is 4.74 Å². The molecule has 0 radical (unpaired) electrons. The summed E-state index contributed by atoms with van der Waals surface area (Å²) in [6.07, 6.45) is -2.43. The molecule has 0 bridgehead atoms. The quantitative estimate of drug-likeness (QED) is 0.720. The topological polar surface area (TPSA) is 86.6 Å². The van der Waals surface area contributed by atoms with Crippen LogP contribution in [0.5, 0.6) is 5.75 Å². The Morgan fingerprint density at radius 3 is 2.58 bits per heavy atom. The van der Waals surface area contributed by atoms with E-state index < -0.39 is 43.1 Å². The van der Waals surface area contributed by atoms with E-state index in [2.05, 4.69) is 6.92 Å². The van der Waals surface area contributed by atoms with Gasteiger partial charge in [-0.25, -0.2) is 0 Å². The molecule has 26 heavy (non-hydrogen) atoms. The molecular weight excluding hydrogens is 340 g/mol. The molecule has 3 rings (SSSR count). The van der Waals surface area contributed by atoms with E-state index in [1.54, 1.807) is 13.8 Å². The van der Waals surface area contributed by atoms with E-state index in [0.717, 1.165) is 17.7 Å². The predicted molar refractivity (Wildman–Crippen MR) is 92.6 cm³/mol. The first-order valence-electron chi connectivity index (χ1n) is 9.07. The van der Waals surface area contributed by atoms with Crippen molar-refractivity contribution in [1.29, 1.82) is 0 Å².